The van der Waals surface area contributed by atoms with Crippen LogP contribution in [0.15, 0.2) is 24.3 Å². The second-order valence-corrected chi connectivity index (χ2v) is 4.91. The number of anilines is 1. The van der Waals surface area contributed by atoms with Crippen LogP contribution >= 0.6 is 0 Å². The Kier molecular flexibility index (Phi) is 4.92. The number of carbonyl (C=O) groups is 3. The first-order valence-corrected chi connectivity index (χ1v) is 7.07. The van der Waals surface area contributed by atoms with E-state index < -0.39 is 0 Å². The molecule has 0 atom stereocenters. The highest BCUT2D eigenvalue weighted by Crippen LogP contribution is 2.11. The standard InChI is InChI=1S/C15H19N3O3/c1-2-11-5-7-12(8-6-11)17-13(19)4-3-9-18-14(20)10-16-15(18)21/h5-8H,2-4,9-10H2,1H3,(H,16,21)(H,17,19). The molecule has 21 heavy (non-hydrogen) atoms. The Balaban J connectivity index is 1.74. The Morgan fingerprint density at radius 3 is 2.57 bits per heavy atom. The normalized spacial score (nSPS) is 14.2. The first kappa shape index (κ1) is 15.0. The van der Waals surface area contributed by atoms with Crippen LogP contribution in [0.2, 0.25) is 0 Å². The highest BCUT2D eigenvalue weighted by Gasteiger charge is 2.27. The SMILES string of the molecule is CCc1ccc(NC(=O)CCCN2C(=O)CNC2=O)cc1. The van der Waals surface area contributed by atoms with E-state index in [1.54, 1.807) is 0 Å². The lowest BCUT2D eigenvalue weighted by atomic mass is 10.1. The highest BCUT2D eigenvalue weighted by atomic mass is 16.2. The predicted octanol–water partition coefficient (Wildman–Crippen LogP) is 1.52. The molecule has 0 bridgehead atoms. The quantitative estimate of drug-likeness (QED) is 0.779. The van der Waals surface area contributed by atoms with E-state index >= 15 is 0 Å². The molecular weight excluding hydrogens is 270 g/mol. The molecule has 1 heterocycles. The molecule has 1 fully saturated rings. The highest BCUT2D eigenvalue weighted by molar-refractivity contribution is 6.02. The molecule has 1 aromatic rings. The summed E-state index contributed by atoms with van der Waals surface area (Å²) in [7, 11) is 0. The van der Waals surface area contributed by atoms with Crippen molar-refractivity contribution < 1.29 is 14.4 Å². The third-order valence-electron chi connectivity index (χ3n) is 3.37. The van der Waals surface area contributed by atoms with E-state index in [9.17, 15) is 14.4 Å². The van der Waals surface area contributed by atoms with Crippen molar-refractivity contribution in [1.82, 2.24) is 10.2 Å². The van der Waals surface area contributed by atoms with Crippen LogP contribution in [0.4, 0.5) is 10.5 Å². The van der Waals surface area contributed by atoms with E-state index in [4.69, 9.17) is 0 Å². The summed E-state index contributed by atoms with van der Waals surface area (Å²) in [4.78, 5) is 35.6. The van der Waals surface area contributed by atoms with Gasteiger partial charge >= 0.3 is 6.03 Å². The van der Waals surface area contributed by atoms with Gasteiger partial charge in [-0.15, -0.1) is 0 Å². The second kappa shape index (κ2) is 6.88. The van der Waals surface area contributed by atoms with Gasteiger partial charge in [-0.3, -0.25) is 14.5 Å². The maximum Gasteiger partial charge on any atom is 0.324 e. The Morgan fingerprint density at radius 2 is 2.00 bits per heavy atom. The molecule has 112 valence electrons. The number of carbonyl (C=O) groups excluding carboxylic acids is 3. The van der Waals surface area contributed by atoms with Crippen molar-refractivity contribution in [2.45, 2.75) is 26.2 Å². The maximum atomic E-state index is 11.8. The lowest BCUT2D eigenvalue weighted by molar-refractivity contribution is -0.125. The molecule has 6 heteroatoms. The zero-order valence-electron chi connectivity index (χ0n) is 12.0. The lowest BCUT2D eigenvalue weighted by Crippen LogP contribution is -2.32. The second-order valence-electron chi connectivity index (χ2n) is 4.91. The Hall–Kier alpha value is -2.37. The van der Waals surface area contributed by atoms with Gasteiger partial charge in [0.05, 0.1) is 6.54 Å². The van der Waals surface area contributed by atoms with Gasteiger partial charge in [-0.1, -0.05) is 19.1 Å². The molecule has 4 amide bonds. The van der Waals surface area contributed by atoms with Crippen LogP contribution < -0.4 is 10.6 Å². The van der Waals surface area contributed by atoms with Gasteiger partial charge < -0.3 is 10.6 Å². The molecule has 2 rings (SSSR count). The van der Waals surface area contributed by atoms with Crippen molar-refractivity contribution in [3.8, 4) is 0 Å². The summed E-state index contributed by atoms with van der Waals surface area (Å²) in [6, 6.07) is 7.31. The van der Waals surface area contributed by atoms with Gasteiger partial charge in [-0.05, 0) is 30.5 Å². The molecular formula is C15H19N3O3. The van der Waals surface area contributed by atoms with Gasteiger partial charge in [0.2, 0.25) is 11.8 Å². The van der Waals surface area contributed by atoms with Gasteiger partial charge in [0, 0.05) is 18.7 Å². The fraction of sp³-hybridized carbons (Fsp3) is 0.400. The molecule has 1 aliphatic heterocycles. The van der Waals surface area contributed by atoms with Crippen LogP contribution in [-0.2, 0) is 16.0 Å². The van der Waals surface area contributed by atoms with E-state index in [1.807, 2.05) is 24.3 Å². The average Bonchev–Trinajstić information content (AvgIpc) is 2.80. The number of amides is 4. The Labute approximate surface area is 123 Å². The van der Waals surface area contributed by atoms with Gasteiger partial charge in [0.25, 0.3) is 0 Å². The van der Waals surface area contributed by atoms with Gasteiger partial charge in [-0.2, -0.15) is 0 Å². The van der Waals surface area contributed by atoms with E-state index in [2.05, 4.69) is 17.6 Å². The van der Waals surface area contributed by atoms with Crippen LogP contribution in [0.5, 0.6) is 0 Å². The molecule has 1 aliphatic rings. The summed E-state index contributed by atoms with van der Waals surface area (Å²) in [6.07, 6.45) is 1.69. The third-order valence-corrected chi connectivity index (χ3v) is 3.37. The number of hydrogen-bond donors (Lipinski definition) is 2. The summed E-state index contributed by atoms with van der Waals surface area (Å²) in [5.74, 6) is -0.359. The van der Waals surface area contributed by atoms with E-state index in [0.717, 1.165) is 17.0 Å². The van der Waals surface area contributed by atoms with E-state index in [0.29, 0.717) is 6.42 Å². The zero-order chi connectivity index (χ0) is 15.2. The molecule has 6 nitrogen and oxygen atoms in total. The molecule has 0 aliphatic carbocycles. The lowest BCUT2D eigenvalue weighted by Gasteiger charge is -2.11. The van der Waals surface area contributed by atoms with Crippen molar-refractivity contribution >= 4 is 23.5 Å². The van der Waals surface area contributed by atoms with Crippen molar-refractivity contribution in [1.29, 1.82) is 0 Å². The number of aryl methyl sites for hydroxylation is 1. The minimum Gasteiger partial charge on any atom is -0.329 e. The van der Waals surface area contributed by atoms with Crippen molar-refractivity contribution in [2.24, 2.45) is 0 Å². The van der Waals surface area contributed by atoms with Crippen molar-refractivity contribution in [3.05, 3.63) is 29.8 Å². The van der Waals surface area contributed by atoms with Crippen LogP contribution in [0.25, 0.3) is 0 Å². The number of benzene rings is 1. The molecule has 0 radical (unpaired) electrons. The molecule has 0 spiro atoms. The Morgan fingerprint density at radius 1 is 1.29 bits per heavy atom. The summed E-state index contributed by atoms with van der Waals surface area (Å²) >= 11 is 0. The summed E-state index contributed by atoms with van der Waals surface area (Å²) in [5, 5.41) is 5.24. The number of nitrogens with zero attached hydrogens (tertiary/aromatic N) is 1. The largest absolute Gasteiger partial charge is 0.329 e. The predicted molar refractivity (Wildman–Crippen MR) is 78.8 cm³/mol. The number of imide groups is 1. The molecule has 0 unspecified atom stereocenters. The van der Waals surface area contributed by atoms with Crippen molar-refractivity contribution in [2.75, 3.05) is 18.4 Å². The number of rotatable bonds is 6. The van der Waals surface area contributed by atoms with E-state index in [-0.39, 0.29) is 37.4 Å². The fourth-order valence-corrected chi connectivity index (χ4v) is 2.13. The summed E-state index contributed by atoms with van der Waals surface area (Å²) < 4.78 is 0. The van der Waals surface area contributed by atoms with Crippen LogP contribution in [0.3, 0.4) is 0 Å². The van der Waals surface area contributed by atoms with Gasteiger partial charge in [-0.25, -0.2) is 4.79 Å². The molecule has 0 saturated carbocycles. The first-order valence-electron chi connectivity index (χ1n) is 7.07. The minimum absolute atomic E-state index is 0.0504. The number of urea groups is 1. The van der Waals surface area contributed by atoms with Gasteiger partial charge in [0.15, 0.2) is 0 Å². The van der Waals surface area contributed by atoms with Crippen LogP contribution in [0, 0.1) is 0 Å². The summed E-state index contributed by atoms with van der Waals surface area (Å²) in [6.45, 7) is 2.39. The first-order chi connectivity index (χ1) is 10.1. The van der Waals surface area contributed by atoms with Gasteiger partial charge in [0.1, 0.15) is 0 Å². The zero-order valence-corrected chi connectivity index (χ0v) is 12.0. The monoisotopic (exact) mass is 289 g/mol. The molecule has 1 saturated heterocycles. The third kappa shape index (κ3) is 4.05. The smallest absolute Gasteiger partial charge is 0.324 e. The van der Waals surface area contributed by atoms with Crippen LogP contribution in [-0.4, -0.2) is 35.8 Å². The number of hydrogen-bond acceptors (Lipinski definition) is 3. The Bertz CT molecular complexity index is 524. The fourth-order valence-electron chi connectivity index (χ4n) is 2.13. The maximum absolute atomic E-state index is 11.8. The topological polar surface area (TPSA) is 78.5 Å². The molecule has 2 N–H and O–H groups in total. The van der Waals surface area contributed by atoms with Crippen LogP contribution in [0.1, 0.15) is 25.3 Å². The van der Waals surface area contributed by atoms with Crippen molar-refractivity contribution in [3.63, 3.8) is 0 Å². The average molecular weight is 289 g/mol. The van der Waals surface area contributed by atoms with E-state index in [1.165, 1.54) is 5.56 Å². The molecule has 1 aromatic carbocycles. The summed E-state index contributed by atoms with van der Waals surface area (Å²) in [5.41, 5.74) is 1.97. The molecule has 0 aromatic heterocycles. The minimum atomic E-state index is -0.379. The number of nitrogens with one attached hydrogen (secondary N) is 2.